The zero-order valence-electron chi connectivity index (χ0n) is 11.2. The molecule has 4 nitrogen and oxygen atoms in total. The number of likely N-dealkylation sites (N-methyl/N-ethyl adjacent to an activating group) is 1. The highest BCUT2D eigenvalue weighted by atomic mass is 16.5. The molecule has 1 unspecified atom stereocenters. The minimum Gasteiger partial charge on any atom is -0.380 e. The standard InChI is InChI=1S/C13H23N3O/c1-5-17-9-8-16(4)13-10-12(6-7-15-13)11(2)14-3/h6-7,10-11,14H,5,8-9H2,1-4H3. The van der Waals surface area contributed by atoms with Crippen LogP contribution < -0.4 is 10.2 Å². The van der Waals surface area contributed by atoms with E-state index < -0.39 is 0 Å². The van der Waals surface area contributed by atoms with Gasteiger partial charge in [-0.15, -0.1) is 0 Å². The van der Waals surface area contributed by atoms with E-state index in [1.165, 1.54) is 5.56 Å². The average molecular weight is 237 g/mol. The molecule has 96 valence electrons. The van der Waals surface area contributed by atoms with Crippen molar-refractivity contribution in [1.82, 2.24) is 10.3 Å². The Morgan fingerprint density at radius 1 is 1.53 bits per heavy atom. The summed E-state index contributed by atoms with van der Waals surface area (Å²) in [6, 6.07) is 4.51. The first-order valence-corrected chi connectivity index (χ1v) is 6.11. The molecule has 0 bridgehead atoms. The second-order valence-electron chi connectivity index (χ2n) is 4.08. The molecule has 1 atom stereocenters. The first-order valence-electron chi connectivity index (χ1n) is 6.11. The molecule has 17 heavy (non-hydrogen) atoms. The maximum atomic E-state index is 5.34. The van der Waals surface area contributed by atoms with Crippen molar-refractivity contribution in [3.8, 4) is 0 Å². The van der Waals surface area contributed by atoms with Crippen molar-refractivity contribution in [3.63, 3.8) is 0 Å². The van der Waals surface area contributed by atoms with Gasteiger partial charge in [0, 0.05) is 32.4 Å². The highest BCUT2D eigenvalue weighted by Crippen LogP contribution is 2.16. The van der Waals surface area contributed by atoms with Crippen LogP contribution in [0.1, 0.15) is 25.5 Å². The lowest BCUT2D eigenvalue weighted by Crippen LogP contribution is -2.24. The molecular weight excluding hydrogens is 214 g/mol. The fourth-order valence-electron chi connectivity index (χ4n) is 1.54. The number of nitrogens with zero attached hydrogens (tertiary/aromatic N) is 2. The minimum atomic E-state index is 0.344. The third-order valence-electron chi connectivity index (χ3n) is 2.87. The molecule has 0 saturated heterocycles. The summed E-state index contributed by atoms with van der Waals surface area (Å²) < 4.78 is 5.34. The van der Waals surface area contributed by atoms with Gasteiger partial charge in [0.1, 0.15) is 5.82 Å². The lowest BCUT2D eigenvalue weighted by molar-refractivity contribution is 0.154. The summed E-state index contributed by atoms with van der Waals surface area (Å²) >= 11 is 0. The van der Waals surface area contributed by atoms with Gasteiger partial charge in [-0.25, -0.2) is 4.98 Å². The fraction of sp³-hybridized carbons (Fsp3) is 0.615. The third kappa shape index (κ3) is 4.32. The number of anilines is 1. The van der Waals surface area contributed by atoms with Crippen LogP contribution in [0.5, 0.6) is 0 Å². The molecule has 0 amide bonds. The van der Waals surface area contributed by atoms with Gasteiger partial charge < -0.3 is 15.0 Å². The van der Waals surface area contributed by atoms with E-state index in [9.17, 15) is 0 Å². The molecule has 1 heterocycles. The average Bonchev–Trinajstić information content (AvgIpc) is 2.38. The van der Waals surface area contributed by atoms with Crippen LogP contribution in [-0.2, 0) is 4.74 Å². The topological polar surface area (TPSA) is 37.4 Å². The van der Waals surface area contributed by atoms with Crippen molar-refractivity contribution >= 4 is 5.82 Å². The Morgan fingerprint density at radius 2 is 2.29 bits per heavy atom. The first kappa shape index (κ1) is 13.9. The number of hydrogen-bond acceptors (Lipinski definition) is 4. The van der Waals surface area contributed by atoms with Gasteiger partial charge >= 0.3 is 0 Å². The monoisotopic (exact) mass is 237 g/mol. The van der Waals surface area contributed by atoms with Gasteiger partial charge in [-0.05, 0) is 38.6 Å². The largest absolute Gasteiger partial charge is 0.380 e. The van der Waals surface area contributed by atoms with Crippen LogP contribution in [0.2, 0.25) is 0 Å². The number of pyridine rings is 1. The summed E-state index contributed by atoms with van der Waals surface area (Å²) in [5.41, 5.74) is 1.25. The Kier molecular flexibility index (Phi) is 5.94. The van der Waals surface area contributed by atoms with E-state index in [2.05, 4.69) is 28.2 Å². The predicted octanol–water partition coefficient (Wildman–Crippen LogP) is 1.83. The number of aromatic nitrogens is 1. The summed E-state index contributed by atoms with van der Waals surface area (Å²) in [6.07, 6.45) is 1.86. The minimum absolute atomic E-state index is 0.344. The van der Waals surface area contributed by atoms with Crippen LogP contribution in [0.4, 0.5) is 5.82 Å². The lowest BCUT2D eigenvalue weighted by atomic mass is 10.1. The Morgan fingerprint density at radius 3 is 2.94 bits per heavy atom. The van der Waals surface area contributed by atoms with E-state index in [1.807, 2.05) is 33.3 Å². The van der Waals surface area contributed by atoms with Gasteiger partial charge in [0.15, 0.2) is 0 Å². The summed E-state index contributed by atoms with van der Waals surface area (Å²) in [6.45, 7) is 6.50. The molecule has 0 aliphatic carbocycles. The van der Waals surface area contributed by atoms with E-state index in [0.29, 0.717) is 6.04 Å². The van der Waals surface area contributed by atoms with E-state index in [4.69, 9.17) is 4.74 Å². The zero-order valence-corrected chi connectivity index (χ0v) is 11.2. The third-order valence-corrected chi connectivity index (χ3v) is 2.87. The second kappa shape index (κ2) is 7.25. The van der Waals surface area contributed by atoms with Crippen LogP contribution in [0, 0.1) is 0 Å². The Labute approximate surface area is 104 Å². The first-order chi connectivity index (χ1) is 8.19. The Bertz CT molecular complexity index is 330. The van der Waals surface area contributed by atoms with Crippen molar-refractivity contribution < 1.29 is 4.74 Å². The van der Waals surface area contributed by atoms with Crippen LogP contribution in [0.3, 0.4) is 0 Å². The van der Waals surface area contributed by atoms with Crippen LogP contribution in [-0.4, -0.2) is 38.8 Å². The molecule has 0 radical (unpaired) electrons. The zero-order chi connectivity index (χ0) is 12.7. The van der Waals surface area contributed by atoms with Crippen molar-refractivity contribution in [3.05, 3.63) is 23.9 Å². The molecule has 0 saturated carbocycles. The molecule has 1 aromatic heterocycles. The van der Waals surface area contributed by atoms with Gasteiger partial charge in [-0.1, -0.05) is 0 Å². The molecule has 0 fully saturated rings. The van der Waals surface area contributed by atoms with Crippen LogP contribution in [0.15, 0.2) is 18.3 Å². The van der Waals surface area contributed by atoms with Gasteiger partial charge in [-0.3, -0.25) is 0 Å². The number of nitrogens with one attached hydrogen (secondary N) is 1. The normalized spacial score (nSPS) is 12.5. The lowest BCUT2D eigenvalue weighted by Gasteiger charge is -2.19. The molecule has 0 aliphatic rings. The molecule has 1 rings (SSSR count). The van der Waals surface area contributed by atoms with Gasteiger partial charge in [0.05, 0.1) is 6.61 Å². The maximum absolute atomic E-state index is 5.34. The summed E-state index contributed by atoms with van der Waals surface area (Å²) in [4.78, 5) is 6.49. The summed E-state index contributed by atoms with van der Waals surface area (Å²) in [5, 5.41) is 3.23. The van der Waals surface area contributed by atoms with Crippen molar-refractivity contribution in [2.45, 2.75) is 19.9 Å². The van der Waals surface area contributed by atoms with Gasteiger partial charge in [0.25, 0.3) is 0 Å². The molecule has 1 aromatic rings. The Balaban J connectivity index is 2.63. The van der Waals surface area contributed by atoms with Crippen LogP contribution in [0.25, 0.3) is 0 Å². The summed E-state index contributed by atoms with van der Waals surface area (Å²) in [5.74, 6) is 0.990. The van der Waals surface area contributed by atoms with Crippen molar-refractivity contribution in [2.75, 3.05) is 38.8 Å². The summed E-state index contributed by atoms with van der Waals surface area (Å²) in [7, 11) is 4.00. The number of hydrogen-bond donors (Lipinski definition) is 1. The van der Waals surface area contributed by atoms with Gasteiger partial charge in [-0.2, -0.15) is 0 Å². The van der Waals surface area contributed by atoms with E-state index in [-0.39, 0.29) is 0 Å². The molecular formula is C13H23N3O. The van der Waals surface area contributed by atoms with E-state index >= 15 is 0 Å². The van der Waals surface area contributed by atoms with E-state index in [0.717, 1.165) is 25.6 Å². The smallest absolute Gasteiger partial charge is 0.128 e. The van der Waals surface area contributed by atoms with Gasteiger partial charge in [0.2, 0.25) is 0 Å². The second-order valence-corrected chi connectivity index (χ2v) is 4.08. The molecule has 0 spiro atoms. The number of ether oxygens (including phenoxy) is 1. The highest BCUT2D eigenvalue weighted by molar-refractivity contribution is 5.40. The Hall–Kier alpha value is -1.13. The SMILES string of the molecule is CCOCCN(C)c1cc(C(C)NC)ccn1. The van der Waals surface area contributed by atoms with E-state index in [1.54, 1.807) is 0 Å². The molecule has 4 heteroatoms. The fourth-order valence-corrected chi connectivity index (χ4v) is 1.54. The van der Waals surface area contributed by atoms with Crippen molar-refractivity contribution in [2.24, 2.45) is 0 Å². The van der Waals surface area contributed by atoms with Crippen LogP contribution >= 0.6 is 0 Å². The number of rotatable bonds is 7. The predicted molar refractivity (Wildman–Crippen MR) is 71.5 cm³/mol. The molecule has 1 N–H and O–H groups in total. The van der Waals surface area contributed by atoms with Crippen molar-refractivity contribution in [1.29, 1.82) is 0 Å². The highest BCUT2D eigenvalue weighted by Gasteiger charge is 2.06. The molecule has 0 aromatic carbocycles. The quantitative estimate of drug-likeness (QED) is 0.734. The molecule has 0 aliphatic heterocycles. The maximum Gasteiger partial charge on any atom is 0.128 e.